The number of hydrogen-bond acceptors (Lipinski definition) is 0. The molecule has 0 N–H and O–H groups in total. The number of rotatable bonds is 4. The molecule has 0 nitrogen and oxygen atoms in total. The van der Waals surface area contributed by atoms with Crippen molar-refractivity contribution in [2.24, 2.45) is 0 Å². The molecule has 0 atom stereocenters. The van der Waals surface area contributed by atoms with Gasteiger partial charge in [-0.1, -0.05) is 298 Å². The number of hydrogen-bond donors (Lipinski definition) is 0. The van der Waals surface area contributed by atoms with E-state index in [-0.39, 0.29) is 0 Å². The highest BCUT2D eigenvalue weighted by atomic mass is 14.0. The Morgan fingerprint density at radius 3 is 0.819 bits per heavy atom. The summed E-state index contributed by atoms with van der Waals surface area (Å²) in [6.07, 6.45) is 4.73. The Morgan fingerprint density at radius 2 is 0.542 bits per heavy atom. The Morgan fingerprint density at radius 1 is 0.236 bits per heavy atom. The van der Waals surface area contributed by atoms with Crippen LogP contribution in [0, 0.1) is 76.2 Å². The molecule has 0 bridgehead atoms. The standard InChI is InChI=1S/3C9H12.4C8H10.C7H8.C6H6/c1-7-5-4-6-8(2)9(7)3;1-3-9-7-5-4-6-8(9)2;1-2-6-9-7-4-3-5-8-9;1-7-3-5-8(2)6-4-7;1-7-4-3-5-8(2)6-7;1-7-5-3-4-6-8(7)2;1-2-8-6-4-3-5-7-8;1-7-5-3-2-4-6-7;1-2-4-6-5-3-1/h4-6H,1-3H3;4-7H,3H2,1-2H3;3-5,7-8H,2,6H2,1H3;3*3-6H,1-2H3;3-7H,2H2,1H3;2-6H,1H3;1-6H. The summed E-state index contributed by atoms with van der Waals surface area (Å²) in [4.78, 5) is 0. The maximum Gasteiger partial charge on any atom is -0.0281 e. The minimum Gasteiger partial charge on any atom is -0.0651 e. The SMILES string of the molecule is CCCc1ccccc1.CCc1ccccc1.CCc1ccccc1C.Cc1ccc(C)cc1.Cc1cccc(C)c1.Cc1cccc(C)c1C.Cc1ccccc1.Cc1ccccc1C.c1ccccc1. The summed E-state index contributed by atoms with van der Waals surface area (Å²) in [5.74, 6) is 0. The van der Waals surface area contributed by atoms with E-state index in [0.717, 1.165) is 12.8 Å². The Labute approximate surface area is 441 Å². The molecule has 9 rings (SSSR count). The summed E-state index contributed by atoms with van der Waals surface area (Å²) in [7, 11) is 0. The highest BCUT2D eigenvalue weighted by molar-refractivity contribution is 5.32. The topological polar surface area (TPSA) is 0 Å². The Balaban J connectivity index is 0.000000406. The van der Waals surface area contributed by atoms with Gasteiger partial charge in [0.25, 0.3) is 0 Å². The molecule has 0 saturated carbocycles. The van der Waals surface area contributed by atoms with Gasteiger partial charge in [-0.05, 0) is 145 Å². The van der Waals surface area contributed by atoms with Crippen molar-refractivity contribution in [2.45, 2.75) is 123 Å². The van der Waals surface area contributed by atoms with Gasteiger partial charge in [0, 0.05) is 0 Å². The molecular formula is C72H90. The maximum atomic E-state index is 2.20. The quantitative estimate of drug-likeness (QED) is 0.165. The first-order chi connectivity index (χ1) is 34.7. The summed E-state index contributed by atoms with van der Waals surface area (Å²) < 4.78 is 0. The zero-order valence-electron chi connectivity index (χ0n) is 46.9. The fraction of sp³-hybridized carbons (Fsp3) is 0.250. The van der Waals surface area contributed by atoms with Crippen LogP contribution in [0.4, 0.5) is 0 Å². The Bertz CT molecular complexity index is 2520. The minimum absolute atomic E-state index is 1.14. The molecule has 0 spiro atoms. The summed E-state index contributed by atoms with van der Waals surface area (Å²) >= 11 is 0. The van der Waals surface area contributed by atoms with Crippen LogP contribution in [0.15, 0.2) is 243 Å². The van der Waals surface area contributed by atoms with E-state index in [2.05, 4.69) is 279 Å². The molecule has 9 aromatic rings. The molecule has 72 heavy (non-hydrogen) atoms. The van der Waals surface area contributed by atoms with Gasteiger partial charge >= 0.3 is 0 Å². The van der Waals surface area contributed by atoms with Crippen molar-refractivity contribution in [3.05, 3.63) is 321 Å². The van der Waals surface area contributed by atoms with Crippen LogP contribution in [-0.4, -0.2) is 0 Å². The van der Waals surface area contributed by atoms with Crippen molar-refractivity contribution in [1.29, 1.82) is 0 Å². The van der Waals surface area contributed by atoms with Crippen LogP contribution in [0.2, 0.25) is 0 Å². The lowest BCUT2D eigenvalue weighted by atomic mass is 10.1. The molecule has 0 aromatic heterocycles. The van der Waals surface area contributed by atoms with Gasteiger partial charge in [0.2, 0.25) is 0 Å². The van der Waals surface area contributed by atoms with Gasteiger partial charge < -0.3 is 0 Å². The third-order valence-corrected chi connectivity index (χ3v) is 11.6. The first kappa shape index (κ1) is 63.0. The van der Waals surface area contributed by atoms with Crippen LogP contribution in [0.25, 0.3) is 0 Å². The van der Waals surface area contributed by atoms with Crippen molar-refractivity contribution >= 4 is 0 Å². The summed E-state index contributed by atoms with van der Waals surface area (Å²) in [6.45, 7) is 29.9. The summed E-state index contributed by atoms with van der Waals surface area (Å²) in [5, 5.41) is 0. The maximum absolute atomic E-state index is 2.20. The third-order valence-electron chi connectivity index (χ3n) is 11.6. The van der Waals surface area contributed by atoms with Crippen molar-refractivity contribution in [3.63, 3.8) is 0 Å². The molecule has 0 unspecified atom stereocenters. The molecule has 9 aromatic carbocycles. The molecule has 0 amide bonds. The second-order valence-electron chi connectivity index (χ2n) is 18.1. The molecule has 378 valence electrons. The van der Waals surface area contributed by atoms with Crippen LogP contribution in [-0.2, 0) is 19.3 Å². The minimum atomic E-state index is 1.14. The van der Waals surface area contributed by atoms with Gasteiger partial charge in [0.15, 0.2) is 0 Å². The first-order valence-corrected chi connectivity index (χ1v) is 26.0. The molecular weight excluding hydrogens is 865 g/mol. The molecule has 0 heterocycles. The van der Waals surface area contributed by atoms with Gasteiger partial charge in [-0.25, -0.2) is 0 Å². The highest BCUT2D eigenvalue weighted by Gasteiger charge is 1.92. The number of aryl methyl sites for hydroxylation is 13. The van der Waals surface area contributed by atoms with Gasteiger partial charge in [-0.3, -0.25) is 0 Å². The van der Waals surface area contributed by atoms with E-state index in [9.17, 15) is 0 Å². The summed E-state index contributed by atoms with van der Waals surface area (Å²) in [5.41, 5.74) is 19.3. The largest absolute Gasteiger partial charge is 0.0651 e. The van der Waals surface area contributed by atoms with Crippen molar-refractivity contribution < 1.29 is 0 Å². The molecule has 0 aliphatic heterocycles. The fourth-order valence-corrected chi connectivity index (χ4v) is 6.58. The van der Waals surface area contributed by atoms with Crippen LogP contribution in [0.1, 0.15) is 105 Å². The lowest BCUT2D eigenvalue weighted by Crippen LogP contribution is -1.82. The van der Waals surface area contributed by atoms with Gasteiger partial charge in [0.1, 0.15) is 0 Å². The zero-order valence-corrected chi connectivity index (χ0v) is 46.9. The van der Waals surface area contributed by atoms with E-state index in [1.54, 1.807) is 0 Å². The van der Waals surface area contributed by atoms with Gasteiger partial charge in [-0.2, -0.15) is 0 Å². The van der Waals surface area contributed by atoms with E-state index in [1.165, 1.54) is 90.7 Å². The predicted octanol–water partition coefficient (Wildman–Crippen LogP) is 20.6. The van der Waals surface area contributed by atoms with Crippen molar-refractivity contribution in [2.75, 3.05) is 0 Å². The van der Waals surface area contributed by atoms with Crippen LogP contribution < -0.4 is 0 Å². The fourth-order valence-electron chi connectivity index (χ4n) is 6.58. The van der Waals surface area contributed by atoms with Gasteiger partial charge in [0.05, 0.1) is 0 Å². The van der Waals surface area contributed by atoms with Gasteiger partial charge in [-0.15, -0.1) is 0 Å². The van der Waals surface area contributed by atoms with E-state index < -0.39 is 0 Å². The van der Waals surface area contributed by atoms with E-state index in [0.29, 0.717) is 0 Å². The van der Waals surface area contributed by atoms with E-state index in [1.807, 2.05) is 60.7 Å². The molecule has 0 fully saturated rings. The second kappa shape index (κ2) is 40.7. The normalized spacial score (nSPS) is 9.19. The molecule has 0 radical (unpaired) electrons. The first-order valence-electron chi connectivity index (χ1n) is 26.0. The smallest absolute Gasteiger partial charge is 0.0281 e. The molecule has 0 aliphatic carbocycles. The highest BCUT2D eigenvalue weighted by Crippen LogP contribution is 2.10. The van der Waals surface area contributed by atoms with Crippen molar-refractivity contribution in [3.8, 4) is 0 Å². The number of benzene rings is 9. The average Bonchev–Trinajstić information content (AvgIpc) is 3.40. The van der Waals surface area contributed by atoms with Crippen LogP contribution in [0.5, 0.6) is 0 Å². The lowest BCUT2D eigenvalue weighted by molar-refractivity contribution is 0.922. The molecule has 0 saturated heterocycles. The van der Waals surface area contributed by atoms with Crippen LogP contribution >= 0.6 is 0 Å². The predicted molar refractivity (Wildman–Crippen MR) is 323 cm³/mol. The van der Waals surface area contributed by atoms with Crippen molar-refractivity contribution in [1.82, 2.24) is 0 Å². The Hall–Kier alpha value is -7.02. The third kappa shape index (κ3) is 32.7. The zero-order chi connectivity index (χ0) is 53.2. The summed E-state index contributed by atoms with van der Waals surface area (Å²) in [6, 6.07) is 83.4. The van der Waals surface area contributed by atoms with Crippen LogP contribution in [0.3, 0.4) is 0 Å². The lowest BCUT2D eigenvalue weighted by Gasteiger charge is -2.00. The van der Waals surface area contributed by atoms with E-state index >= 15 is 0 Å². The molecule has 0 aliphatic rings. The Kier molecular flexibility index (Phi) is 35.6. The second-order valence-corrected chi connectivity index (χ2v) is 18.1. The average molecular weight is 956 g/mol. The monoisotopic (exact) mass is 955 g/mol. The molecule has 0 heteroatoms. The van der Waals surface area contributed by atoms with E-state index in [4.69, 9.17) is 0 Å².